The van der Waals surface area contributed by atoms with Gasteiger partial charge in [-0.25, -0.2) is 0 Å². The van der Waals surface area contributed by atoms with Crippen LogP contribution in [-0.4, -0.2) is 52.0 Å². The number of carbonyl (C=O) groups is 1. The highest BCUT2D eigenvalue weighted by Gasteiger charge is 2.46. The lowest BCUT2D eigenvalue weighted by Gasteiger charge is -2.16. The molecule has 1 heterocycles. The second-order valence-electron chi connectivity index (χ2n) is 3.30. The second-order valence-corrected chi connectivity index (χ2v) is 3.30. The summed E-state index contributed by atoms with van der Waals surface area (Å²) in [6, 6.07) is 0. The lowest BCUT2D eigenvalue weighted by Crippen LogP contribution is -2.37. The van der Waals surface area contributed by atoms with E-state index in [9.17, 15) is 15.0 Å². The molecular formula is C8H14O6. The molecule has 1 aliphatic heterocycles. The molecule has 6 nitrogen and oxygen atoms in total. The van der Waals surface area contributed by atoms with E-state index in [1.54, 1.807) is 0 Å². The summed E-state index contributed by atoms with van der Waals surface area (Å²) < 4.78 is 9.56. The molecule has 3 N–H and O–H groups in total. The average molecular weight is 206 g/mol. The van der Waals surface area contributed by atoms with Crippen LogP contribution in [0.5, 0.6) is 0 Å². The minimum absolute atomic E-state index is 0.618. The van der Waals surface area contributed by atoms with Gasteiger partial charge in [0.2, 0.25) is 6.29 Å². The summed E-state index contributed by atoms with van der Waals surface area (Å²) in [5.41, 5.74) is 0. The topological polar surface area (TPSA) is 96.2 Å². The first-order valence-electron chi connectivity index (χ1n) is 4.30. The molecule has 1 rings (SSSR count). The third-order valence-corrected chi connectivity index (χ3v) is 2.01. The van der Waals surface area contributed by atoms with E-state index in [0.29, 0.717) is 0 Å². The Morgan fingerprint density at radius 1 is 1.43 bits per heavy atom. The van der Waals surface area contributed by atoms with Crippen molar-refractivity contribution in [2.75, 3.05) is 0 Å². The fraction of sp³-hybridized carbons (Fsp3) is 0.875. The molecule has 14 heavy (non-hydrogen) atoms. The predicted molar refractivity (Wildman–Crippen MR) is 44.1 cm³/mol. The van der Waals surface area contributed by atoms with Crippen LogP contribution < -0.4 is 0 Å². The van der Waals surface area contributed by atoms with Gasteiger partial charge in [0.1, 0.15) is 18.3 Å². The van der Waals surface area contributed by atoms with Crippen LogP contribution in [-0.2, 0) is 14.3 Å². The Hall–Kier alpha value is -0.690. The highest BCUT2D eigenvalue weighted by Crippen LogP contribution is 2.24. The van der Waals surface area contributed by atoms with Crippen molar-refractivity contribution in [2.24, 2.45) is 0 Å². The summed E-state index contributed by atoms with van der Waals surface area (Å²) in [6.07, 6.45) is -5.66. The zero-order valence-corrected chi connectivity index (χ0v) is 7.95. The van der Waals surface area contributed by atoms with Crippen LogP contribution in [0.2, 0.25) is 0 Å². The Morgan fingerprint density at radius 3 is 2.36 bits per heavy atom. The van der Waals surface area contributed by atoms with Crippen molar-refractivity contribution in [3.63, 3.8) is 0 Å². The van der Waals surface area contributed by atoms with Crippen molar-refractivity contribution in [3.8, 4) is 0 Å². The quantitative estimate of drug-likeness (QED) is 0.470. The molecule has 6 heteroatoms. The molecule has 1 saturated heterocycles. The van der Waals surface area contributed by atoms with Gasteiger partial charge in [-0.15, -0.1) is 0 Å². The van der Waals surface area contributed by atoms with Crippen molar-refractivity contribution >= 4 is 5.97 Å². The molecule has 0 saturated carbocycles. The Labute approximate surface area is 81.1 Å². The van der Waals surface area contributed by atoms with Crippen LogP contribution in [0, 0.1) is 0 Å². The van der Waals surface area contributed by atoms with Crippen LogP contribution in [0.1, 0.15) is 13.8 Å². The predicted octanol–water partition coefficient (Wildman–Crippen LogP) is -1.62. The van der Waals surface area contributed by atoms with E-state index in [1.807, 2.05) is 0 Å². The highest BCUT2D eigenvalue weighted by atomic mass is 16.7. The van der Waals surface area contributed by atoms with Gasteiger partial charge in [0.25, 0.3) is 0 Å². The number of hydrogen-bond donors (Lipinski definition) is 3. The van der Waals surface area contributed by atoms with Gasteiger partial charge in [-0.1, -0.05) is 0 Å². The van der Waals surface area contributed by atoms with Crippen LogP contribution >= 0.6 is 0 Å². The van der Waals surface area contributed by atoms with Gasteiger partial charge >= 0.3 is 5.97 Å². The molecule has 1 fully saturated rings. The van der Waals surface area contributed by atoms with Gasteiger partial charge in [-0.2, -0.15) is 0 Å². The molecular weight excluding hydrogens is 192 g/mol. The third-order valence-electron chi connectivity index (χ3n) is 2.01. The molecule has 0 amide bonds. The maximum absolute atomic E-state index is 10.6. The molecule has 0 bridgehead atoms. The van der Waals surface area contributed by atoms with Crippen LogP contribution in [0.15, 0.2) is 0 Å². The number of carbonyl (C=O) groups excluding carboxylic acids is 1. The smallest absolute Gasteiger partial charge is 0.305 e. The van der Waals surface area contributed by atoms with Crippen molar-refractivity contribution in [1.29, 1.82) is 0 Å². The summed E-state index contributed by atoms with van der Waals surface area (Å²) in [7, 11) is 0. The number of rotatable bonds is 2. The minimum atomic E-state index is -1.32. The molecule has 0 aliphatic carbocycles. The van der Waals surface area contributed by atoms with Gasteiger partial charge in [0.15, 0.2) is 0 Å². The Morgan fingerprint density at radius 2 is 2.00 bits per heavy atom. The van der Waals surface area contributed by atoms with Gasteiger partial charge < -0.3 is 24.8 Å². The molecule has 0 spiro atoms. The highest BCUT2D eigenvalue weighted by molar-refractivity contribution is 5.66. The first kappa shape index (κ1) is 11.4. The van der Waals surface area contributed by atoms with Crippen LogP contribution in [0.3, 0.4) is 0 Å². The van der Waals surface area contributed by atoms with Crippen molar-refractivity contribution < 1.29 is 29.6 Å². The minimum Gasteiger partial charge on any atom is -0.433 e. The van der Waals surface area contributed by atoms with E-state index in [0.717, 1.165) is 6.92 Å². The summed E-state index contributed by atoms with van der Waals surface area (Å²) in [5, 5.41) is 27.9. The molecule has 0 radical (unpaired) electrons. The van der Waals surface area contributed by atoms with Crippen LogP contribution in [0.4, 0.5) is 0 Å². The van der Waals surface area contributed by atoms with Gasteiger partial charge in [0.05, 0.1) is 6.10 Å². The summed E-state index contributed by atoms with van der Waals surface area (Å²) in [5.74, 6) is -0.618. The van der Waals surface area contributed by atoms with Crippen molar-refractivity contribution in [3.05, 3.63) is 0 Å². The van der Waals surface area contributed by atoms with Crippen LogP contribution in [0.25, 0.3) is 0 Å². The Balaban J connectivity index is 2.62. The van der Waals surface area contributed by atoms with E-state index in [2.05, 4.69) is 4.74 Å². The fourth-order valence-electron chi connectivity index (χ4n) is 1.33. The molecule has 82 valence electrons. The van der Waals surface area contributed by atoms with E-state index in [-0.39, 0.29) is 0 Å². The van der Waals surface area contributed by atoms with Crippen molar-refractivity contribution in [2.45, 2.75) is 44.6 Å². The van der Waals surface area contributed by atoms with Crippen molar-refractivity contribution in [1.82, 2.24) is 0 Å². The SMILES string of the molecule is CC(=O)OC1O[C@H]([C@@H](C)O)[C@@H](O)[C@H]1O. The number of aliphatic hydroxyl groups excluding tert-OH is 3. The largest absolute Gasteiger partial charge is 0.433 e. The van der Waals surface area contributed by atoms with E-state index in [4.69, 9.17) is 9.84 Å². The Kier molecular flexibility index (Phi) is 3.43. The molecule has 0 aromatic carbocycles. The zero-order valence-electron chi connectivity index (χ0n) is 7.95. The van der Waals surface area contributed by atoms with Gasteiger partial charge in [-0.3, -0.25) is 4.79 Å². The molecule has 0 aromatic heterocycles. The standard InChI is InChI=1S/C8H14O6/c1-3(9)7-5(11)6(12)8(14-7)13-4(2)10/h3,5-9,11-12H,1-2H3/t3-,5+,6-,7-,8?/m1/s1. The Bertz CT molecular complexity index is 216. The fourth-order valence-corrected chi connectivity index (χ4v) is 1.33. The van der Waals surface area contributed by atoms with E-state index < -0.39 is 36.7 Å². The number of hydrogen-bond acceptors (Lipinski definition) is 6. The van der Waals surface area contributed by atoms with Gasteiger partial charge in [0, 0.05) is 6.92 Å². The summed E-state index contributed by atoms with van der Waals surface area (Å²) in [6.45, 7) is 2.58. The first-order valence-corrected chi connectivity index (χ1v) is 4.30. The normalized spacial score (nSPS) is 39.5. The molecule has 0 aromatic rings. The van der Waals surface area contributed by atoms with E-state index in [1.165, 1.54) is 6.92 Å². The molecule has 1 aliphatic rings. The maximum atomic E-state index is 10.6. The first-order chi connectivity index (χ1) is 6.43. The zero-order chi connectivity index (χ0) is 10.9. The number of ether oxygens (including phenoxy) is 2. The molecule has 1 unspecified atom stereocenters. The number of esters is 1. The van der Waals surface area contributed by atoms with E-state index >= 15 is 0 Å². The lowest BCUT2D eigenvalue weighted by molar-refractivity contribution is -0.190. The summed E-state index contributed by atoms with van der Waals surface area (Å²) in [4.78, 5) is 10.6. The molecule has 5 atom stereocenters. The summed E-state index contributed by atoms with van der Waals surface area (Å²) >= 11 is 0. The lowest BCUT2D eigenvalue weighted by atomic mass is 10.1. The monoisotopic (exact) mass is 206 g/mol. The third kappa shape index (κ3) is 2.21. The van der Waals surface area contributed by atoms with Gasteiger partial charge in [-0.05, 0) is 6.92 Å². The average Bonchev–Trinajstić information content (AvgIpc) is 2.32. The second kappa shape index (κ2) is 4.22. The maximum Gasteiger partial charge on any atom is 0.305 e. The number of aliphatic hydroxyl groups is 3.